The predicted molar refractivity (Wildman–Crippen MR) is 132 cm³/mol. The number of nitrogens with one attached hydrogen (secondary N) is 2. The number of carbonyl (C=O) groups is 3. The standard InChI is InChI=1S/C26H24F2IN2O5S/c1-13-6-4-5-7-16(13)15(3)36-25(35)31-19-10-11-37-22(19)17-8-9-18(14(2)12-29-17)30-23(32)20-21(24(33)34)26(20,27)28/h4-12,15,20-21H,1-3H3,(H,30,32)(H,31,35)(H,33,34)/q-1/t15-,20?,21?/m1/s1. The van der Waals surface area contributed by atoms with Crippen molar-refractivity contribution in [3.63, 3.8) is 0 Å². The molecule has 1 aromatic carbocycles. The van der Waals surface area contributed by atoms with E-state index in [9.17, 15) is 23.2 Å². The van der Waals surface area contributed by atoms with Gasteiger partial charge in [-0.3, -0.25) is 0 Å². The first-order valence-corrected chi connectivity index (χ1v) is 14.5. The number of carbonyl (C=O) groups excluding carboxylic acids is 2. The zero-order valence-electron chi connectivity index (χ0n) is 20.1. The number of carboxylic acid groups (broad SMARTS) is 1. The SMILES string of the molecule is CC1=C[I-]C(c2sccc2NC(=O)O[C@H](C)c2ccccc2C)=CC=C1NC(=O)C1C(C(=O)O)C1(F)F. The van der Waals surface area contributed by atoms with E-state index in [2.05, 4.69) is 10.6 Å². The topological polar surface area (TPSA) is 105 Å². The molecule has 0 spiro atoms. The van der Waals surface area contributed by atoms with E-state index < -0.39 is 63.0 Å². The van der Waals surface area contributed by atoms with E-state index in [0.29, 0.717) is 17.0 Å². The van der Waals surface area contributed by atoms with Gasteiger partial charge in [-0.25, -0.2) is 0 Å². The molecule has 11 heteroatoms. The zero-order valence-corrected chi connectivity index (χ0v) is 23.0. The van der Waals surface area contributed by atoms with Gasteiger partial charge in [0.15, 0.2) is 0 Å². The number of allylic oxidation sites excluding steroid dienone is 3. The van der Waals surface area contributed by atoms with Crippen molar-refractivity contribution in [1.82, 2.24) is 5.32 Å². The first-order chi connectivity index (χ1) is 17.5. The Morgan fingerprint density at radius 3 is 2.51 bits per heavy atom. The fourth-order valence-electron chi connectivity index (χ4n) is 3.96. The number of aryl methyl sites for hydroxylation is 1. The first-order valence-electron chi connectivity index (χ1n) is 11.3. The van der Waals surface area contributed by atoms with Crippen molar-refractivity contribution in [3.8, 4) is 0 Å². The molecule has 1 saturated carbocycles. The van der Waals surface area contributed by atoms with Gasteiger partial charge in [0.1, 0.15) is 0 Å². The molecule has 3 N–H and O–H groups in total. The van der Waals surface area contributed by atoms with Crippen LogP contribution in [0, 0.1) is 18.8 Å². The number of hydrogen-bond donors (Lipinski definition) is 3. The van der Waals surface area contributed by atoms with Gasteiger partial charge in [0.2, 0.25) is 0 Å². The van der Waals surface area contributed by atoms with Crippen LogP contribution >= 0.6 is 11.3 Å². The number of ether oxygens (including phenoxy) is 1. The second kappa shape index (κ2) is 10.7. The second-order valence-electron chi connectivity index (χ2n) is 8.65. The van der Waals surface area contributed by atoms with Crippen LogP contribution in [0.4, 0.5) is 19.3 Å². The fourth-order valence-corrected chi connectivity index (χ4v) is 7.50. The third kappa shape index (κ3) is 5.77. The number of aliphatic carboxylic acids is 1. The molecule has 7 nitrogen and oxygen atoms in total. The number of amides is 2. The van der Waals surface area contributed by atoms with Crippen LogP contribution in [0.3, 0.4) is 0 Å². The van der Waals surface area contributed by atoms with Crippen molar-refractivity contribution >= 4 is 38.6 Å². The maximum absolute atomic E-state index is 13.8. The van der Waals surface area contributed by atoms with Crippen molar-refractivity contribution in [2.45, 2.75) is 32.8 Å². The van der Waals surface area contributed by atoms with E-state index in [1.165, 1.54) is 11.3 Å². The summed E-state index contributed by atoms with van der Waals surface area (Å²) in [6.07, 6.45) is 2.38. The summed E-state index contributed by atoms with van der Waals surface area (Å²) >= 11 is 0.745. The Bertz CT molecular complexity index is 1350. The first kappa shape index (κ1) is 27.0. The van der Waals surface area contributed by atoms with Crippen molar-refractivity contribution in [2.75, 3.05) is 5.32 Å². The summed E-state index contributed by atoms with van der Waals surface area (Å²) in [5, 5.41) is 16.0. The molecule has 0 saturated heterocycles. The molecule has 4 rings (SSSR count). The Labute approximate surface area is 226 Å². The number of hydrogen-bond acceptors (Lipinski definition) is 5. The monoisotopic (exact) mass is 641 g/mol. The van der Waals surface area contributed by atoms with Gasteiger partial charge >= 0.3 is 227 Å². The molecule has 1 aromatic heterocycles. The number of benzene rings is 1. The fraction of sp³-hybridized carbons (Fsp3) is 0.269. The number of thiophene rings is 1. The van der Waals surface area contributed by atoms with Crippen LogP contribution in [-0.4, -0.2) is 29.0 Å². The summed E-state index contributed by atoms with van der Waals surface area (Å²) in [4.78, 5) is 36.8. The van der Waals surface area contributed by atoms with Crippen molar-refractivity contribution in [2.24, 2.45) is 11.8 Å². The van der Waals surface area contributed by atoms with E-state index in [-0.39, 0.29) is 0 Å². The third-order valence-electron chi connectivity index (χ3n) is 6.05. The van der Waals surface area contributed by atoms with Gasteiger partial charge in [-0.05, 0) is 0 Å². The Kier molecular flexibility index (Phi) is 7.83. The molecule has 37 heavy (non-hydrogen) atoms. The van der Waals surface area contributed by atoms with Crippen molar-refractivity contribution in [3.05, 3.63) is 79.2 Å². The molecular formula is C26H24F2IN2O5S-. The average Bonchev–Trinajstić information content (AvgIpc) is 3.23. The maximum atomic E-state index is 13.8. The zero-order chi connectivity index (χ0) is 26.9. The van der Waals surface area contributed by atoms with Crippen molar-refractivity contribution in [1.29, 1.82) is 0 Å². The van der Waals surface area contributed by atoms with E-state index in [1.54, 1.807) is 32.1 Å². The van der Waals surface area contributed by atoms with Gasteiger partial charge < -0.3 is 0 Å². The Morgan fingerprint density at radius 1 is 1.11 bits per heavy atom. The molecule has 3 atom stereocenters. The molecule has 2 aromatic rings. The Hall–Kier alpha value is -3.06. The normalized spacial score (nSPS) is 21.2. The molecule has 2 amide bonds. The van der Waals surface area contributed by atoms with Gasteiger partial charge in [0, 0.05) is 0 Å². The van der Waals surface area contributed by atoms with Crippen LogP contribution in [0.25, 0.3) is 3.58 Å². The summed E-state index contributed by atoms with van der Waals surface area (Å²) in [6, 6.07) is 9.45. The van der Waals surface area contributed by atoms with Crippen LogP contribution in [0.5, 0.6) is 0 Å². The number of halogens is 3. The second-order valence-corrected chi connectivity index (χ2v) is 12.0. The molecule has 1 aliphatic carbocycles. The Balaban J connectivity index is 1.45. The van der Waals surface area contributed by atoms with Crippen LogP contribution in [0.15, 0.2) is 63.2 Å². The average molecular weight is 641 g/mol. The van der Waals surface area contributed by atoms with Gasteiger partial charge in [-0.15, -0.1) is 0 Å². The molecule has 1 aliphatic heterocycles. The molecule has 2 aliphatic rings. The quantitative estimate of drug-likeness (QED) is 0.404. The summed E-state index contributed by atoms with van der Waals surface area (Å²) in [6.45, 7) is 5.51. The summed E-state index contributed by atoms with van der Waals surface area (Å²) in [5.41, 5.74) is 3.56. The molecular weight excluding hydrogens is 617 g/mol. The van der Waals surface area contributed by atoms with Crippen LogP contribution in [-0.2, 0) is 14.3 Å². The number of alkyl halides is 2. The van der Waals surface area contributed by atoms with Crippen LogP contribution < -0.4 is 31.8 Å². The third-order valence-corrected chi connectivity index (χ3v) is 10.2. The van der Waals surface area contributed by atoms with Crippen molar-refractivity contribution < 1.29 is 54.2 Å². The number of anilines is 1. The molecule has 2 heterocycles. The van der Waals surface area contributed by atoms with Crippen LogP contribution in [0.2, 0.25) is 0 Å². The van der Waals surface area contributed by atoms with Gasteiger partial charge in [-0.1, -0.05) is 0 Å². The Morgan fingerprint density at radius 2 is 1.84 bits per heavy atom. The predicted octanol–water partition coefficient (Wildman–Crippen LogP) is 2.68. The van der Waals surface area contributed by atoms with E-state index in [0.717, 1.165) is 19.6 Å². The van der Waals surface area contributed by atoms with Gasteiger partial charge in [0.05, 0.1) is 0 Å². The summed E-state index contributed by atoms with van der Waals surface area (Å²) < 4.78 is 36.0. The summed E-state index contributed by atoms with van der Waals surface area (Å²) in [5.74, 6) is -10.2. The van der Waals surface area contributed by atoms with E-state index >= 15 is 0 Å². The van der Waals surface area contributed by atoms with Gasteiger partial charge in [0.25, 0.3) is 0 Å². The molecule has 196 valence electrons. The van der Waals surface area contributed by atoms with E-state index in [1.807, 2.05) is 40.7 Å². The number of rotatable bonds is 7. The minimum absolute atomic E-state index is 0.337. The summed E-state index contributed by atoms with van der Waals surface area (Å²) in [7, 11) is 0. The molecule has 0 radical (unpaired) electrons. The minimum atomic E-state index is -3.56. The number of carboxylic acids is 1. The van der Waals surface area contributed by atoms with E-state index in [4.69, 9.17) is 9.84 Å². The molecule has 1 fully saturated rings. The van der Waals surface area contributed by atoms with Gasteiger partial charge in [-0.2, -0.15) is 0 Å². The van der Waals surface area contributed by atoms with Crippen LogP contribution in [0.1, 0.15) is 36.0 Å². The molecule has 0 bridgehead atoms. The molecule has 2 unspecified atom stereocenters.